The van der Waals surface area contributed by atoms with Crippen molar-refractivity contribution in [3.05, 3.63) is 30.3 Å². The minimum absolute atomic E-state index is 0.514. The number of alkyl halides is 1. The summed E-state index contributed by atoms with van der Waals surface area (Å²) in [5, 5.41) is 19.4. The SMILES string of the molecule is CC[C@H]1O[C@@H](Sc2ccccc2)[C@H](O)[C@@H](F)[C@@H]1O. The van der Waals surface area contributed by atoms with Gasteiger partial charge in [-0.15, -0.1) is 0 Å². The second-order valence-corrected chi connectivity index (χ2v) is 5.48. The van der Waals surface area contributed by atoms with E-state index < -0.39 is 29.9 Å². The largest absolute Gasteiger partial charge is 0.387 e. The van der Waals surface area contributed by atoms with Gasteiger partial charge in [0.15, 0.2) is 6.17 Å². The molecule has 1 aromatic rings. The van der Waals surface area contributed by atoms with Gasteiger partial charge in [0, 0.05) is 4.90 Å². The summed E-state index contributed by atoms with van der Waals surface area (Å²) in [5.74, 6) is 0. The average molecular weight is 272 g/mol. The molecule has 0 amide bonds. The zero-order chi connectivity index (χ0) is 13.1. The van der Waals surface area contributed by atoms with Crippen LogP contribution in [0.1, 0.15) is 13.3 Å². The van der Waals surface area contributed by atoms with Gasteiger partial charge in [0.1, 0.15) is 17.6 Å². The Kier molecular flexibility index (Phi) is 4.61. The van der Waals surface area contributed by atoms with Crippen molar-refractivity contribution in [1.29, 1.82) is 0 Å². The van der Waals surface area contributed by atoms with Crippen molar-refractivity contribution >= 4 is 11.8 Å². The van der Waals surface area contributed by atoms with Gasteiger partial charge in [0.25, 0.3) is 0 Å². The summed E-state index contributed by atoms with van der Waals surface area (Å²) in [6, 6.07) is 9.38. The molecule has 0 aromatic heterocycles. The predicted molar refractivity (Wildman–Crippen MR) is 68.2 cm³/mol. The van der Waals surface area contributed by atoms with E-state index in [1.165, 1.54) is 11.8 Å². The molecule has 2 N–H and O–H groups in total. The monoisotopic (exact) mass is 272 g/mol. The Morgan fingerprint density at radius 3 is 2.50 bits per heavy atom. The maximum absolute atomic E-state index is 13.8. The van der Waals surface area contributed by atoms with E-state index in [9.17, 15) is 14.6 Å². The molecule has 1 heterocycles. The molecule has 1 saturated heterocycles. The topological polar surface area (TPSA) is 49.7 Å². The molecule has 5 heteroatoms. The number of hydrogen-bond acceptors (Lipinski definition) is 4. The molecule has 18 heavy (non-hydrogen) atoms. The van der Waals surface area contributed by atoms with Crippen molar-refractivity contribution in [2.75, 3.05) is 0 Å². The van der Waals surface area contributed by atoms with E-state index >= 15 is 0 Å². The first-order valence-corrected chi connectivity index (χ1v) is 6.88. The highest BCUT2D eigenvalue weighted by molar-refractivity contribution is 7.99. The summed E-state index contributed by atoms with van der Waals surface area (Å²) in [6.07, 6.45) is -4.28. The number of benzene rings is 1. The molecule has 5 atom stereocenters. The molecule has 0 unspecified atom stereocenters. The number of hydrogen-bond donors (Lipinski definition) is 2. The highest BCUT2D eigenvalue weighted by Gasteiger charge is 2.44. The Hall–Kier alpha value is -0.620. The lowest BCUT2D eigenvalue weighted by Crippen LogP contribution is -2.54. The molecule has 0 bridgehead atoms. The Morgan fingerprint density at radius 2 is 1.89 bits per heavy atom. The van der Waals surface area contributed by atoms with Crippen LogP contribution in [0.5, 0.6) is 0 Å². The molecular weight excluding hydrogens is 255 g/mol. The van der Waals surface area contributed by atoms with E-state index in [2.05, 4.69) is 0 Å². The van der Waals surface area contributed by atoms with Crippen LogP contribution in [-0.4, -0.2) is 40.1 Å². The maximum Gasteiger partial charge on any atom is 0.158 e. The summed E-state index contributed by atoms with van der Waals surface area (Å²) in [6.45, 7) is 1.82. The number of rotatable bonds is 3. The lowest BCUT2D eigenvalue weighted by molar-refractivity contribution is -0.177. The van der Waals surface area contributed by atoms with Crippen LogP contribution in [0.4, 0.5) is 4.39 Å². The maximum atomic E-state index is 13.8. The highest BCUT2D eigenvalue weighted by atomic mass is 32.2. The molecule has 0 saturated carbocycles. The molecular formula is C13H17FO3S. The first-order chi connectivity index (χ1) is 8.63. The van der Waals surface area contributed by atoms with Crippen LogP contribution in [0.15, 0.2) is 35.2 Å². The van der Waals surface area contributed by atoms with E-state index in [4.69, 9.17) is 4.74 Å². The van der Waals surface area contributed by atoms with Crippen molar-refractivity contribution in [2.24, 2.45) is 0 Å². The van der Waals surface area contributed by atoms with E-state index in [1.54, 1.807) is 0 Å². The second-order valence-electron chi connectivity index (χ2n) is 4.31. The third-order valence-electron chi connectivity index (χ3n) is 3.02. The first-order valence-electron chi connectivity index (χ1n) is 6.01. The lowest BCUT2D eigenvalue weighted by Gasteiger charge is -2.38. The van der Waals surface area contributed by atoms with Gasteiger partial charge in [-0.1, -0.05) is 36.9 Å². The molecule has 2 rings (SSSR count). The number of aliphatic hydroxyl groups excluding tert-OH is 2. The van der Waals surface area contributed by atoms with Crippen molar-refractivity contribution in [2.45, 2.75) is 48.2 Å². The van der Waals surface area contributed by atoms with Crippen LogP contribution in [0.2, 0.25) is 0 Å². The summed E-state index contributed by atoms with van der Waals surface area (Å²) in [5.41, 5.74) is -0.684. The van der Waals surface area contributed by atoms with Crippen molar-refractivity contribution in [3.8, 4) is 0 Å². The Balaban J connectivity index is 2.08. The first kappa shape index (κ1) is 13.8. The summed E-state index contributed by atoms with van der Waals surface area (Å²) in [7, 11) is 0. The molecule has 1 aliphatic heterocycles. The van der Waals surface area contributed by atoms with Gasteiger partial charge < -0.3 is 14.9 Å². The van der Waals surface area contributed by atoms with Crippen LogP contribution < -0.4 is 0 Å². The van der Waals surface area contributed by atoms with E-state index in [1.807, 2.05) is 37.3 Å². The Bertz CT molecular complexity index is 374. The number of thioether (sulfide) groups is 1. The van der Waals surface area contributed by atoms with E-state index in [0.717, 1.165) is 4.90 Å². The highest BCUT2D eigenvalue weighted by Crippen LogP contribution is 2.34. The third-order valence-corrected chi connectivity index (χ3v) is 4.19. The second kappa shape index (κ2) is 6.02. The molecule has 0 radical (unpaired) electrons. The van der Waals surface area contributed by atoms with Gasteiger partial charge in [-0.25, -0.2) is 4.39 Å². The molecule has 100 valence electrons. The van der Waals surface area contributed by atoms with Crippen molar-refractivity contribution < 1.29 is 19.3 Å². The predicted octanol–water partition coefficient (Wildman–Crippen LogP) is 1.97. The van der Waals surface area contributed by atoms with Crippen LogP contribution in [0.3, 0.4) is 0 Å². The Morgan fingerprint density at radius 1 is 1.22 bits per heavy atom. The lowest BCUT2D eigenvalue weighted by atomic mass is 10.00. The summed E-state index contributed by atoms with van der Waals surface area (Å²) < 4.78 is 19.3. The molecule has 0 spiro atoms. The standard InChI is InChI=1S/C13H17FO3S/c1-2-9-11(15)10(14)12(16)13(17-9)18-8-6-4-3-5-7-8/h3-7,9-13,15-16H,2H2,1H3/t9-,10+,11-,12-,13+/m1/s1. The molecule has 1 aliphatic rings. The average Bonchev–Trinajstić information content (AvgIpc) is 2.40. The molecule has 1 fully saturated rings. The van der Waals surface area contributed by atoms with Gasteiger partial charge in [-0.2, -0.15) is 0 Å². The third kappa shape index (κ3) is 2.85. The van der Waals surface area contributed by atoms with Gasteiger partial charge in [0.05, 0.1) is 6.10 Å². The molecule has 1 aromatic carbocycles. The van der Waals surface area contributed by atoms with Crippen molar-refractivity contribution in [1.82, 2.24) is 0 Å². The zero-order valence-electron chi connectivity index (χ0n) is 10.1. The fourth-order valence-electron chi connectivity index (χ4n) is 1.96. The van der Waals surface area contributed by atoms with Crippen LogP contribution in [0.25, 0.3) is 0 Å². The van der Waals surface area contributed by atoms with E-state index in [-0.39, 0.29) is 0 Å². The molecule has 3 nitrogen and oxygen atoms in total. The Labute approximate surface area is 110 Å². The fraction of sp³-hybridized carbons (Fsp3) is 0.538. The van der Waals surface area contributed by atoms with Crippen LogP contribution in [-0.2, 0) is 4.74 Å². The van der Waals surface area contributed by atoms with Gasteiger partial charge >= 0.3 is 0 Å². The van der Waals surface area contributed by atoms with Gasteiger partial charge in [0.2, 0.25) is 0 Å². The zero-order valence-corrected chi connectivity index (χ0v) is 10.9. The summed E-state index contributed by atoms with van der Waals surface area (Å²) >= 11 is 1.27. The van der Waals surface area contributed by atoms with Crippen LogP contribution >= 0.6 is 11.8 Å². The van der Waals surface area contributed by atoms with Gasteiger partial charge in [-0.05, 0) is 18.6 Å². The summed E-state index contributed by atoms with van der Waals surface area (Å²) in [4.78, 5) is 0.903. The van der Waals surface area contributed by atoms with Gasteiger partial charge in [-0.3, -0.25) is 0 Å². The van der Waals surface area contributed by atoms with E-state index in [0.29, 0.717) is 6.42 Å². The van der Waals surface area contributed by atoms with Crippen LogP contribution in [0, 0.1) is 0 Å². The normalized spacial score (nSPS) is 36.6. The fourth-order valence-corrected chi connectivity index (χ4v) is 3.03. The minimum atomic E-state index is -1.66. The number of aliphatic hydroxyl groups is 2. The molecule has 0 aliphatic carbocycles. The smallest absolute Gasteiger partial charge is 0.158 e. The number of ether oxygens (including phenoxy) is 1. The quantitative estimate of drug-likeness (QED) is 0.883. The number of halogens is 1. The van der Waals surface area contributed by atoms with Crippen molar-refractivity contribution in [3.63, 3.8) is 0 Å². The minimum Gasteiger partial charge on any atom is -0.387 e.